The third-order valence-electron chi connectivity index (χ3n) is 3.65. The molecule has 0 saturated carbocycles. The van der Waals surface area contributed by atoms with Crippen LogP contribution in [0.3, 0.4) is 0 Å². The van der Waals surface area contributed by atoms with Gasteiger partial charge in [0, 0.05) is 11.3 Å². The lowest BCUT2D eigenvalue weighted by atomic mass is 10.0. The number of primary amides is 1. The Hall–Kier alpha value is -2.82. The van der Waals surface area contributed by atoms with E-state index in [-0.39, 0.29) is 11.9 Å². The van der Waals surface area contributed by atoms with Gasteiger partial charge in [-0.05, 0) is 48.7 Å². The number of urea groups is 1. The van der Waals surface area contributed by atoms with Gasteiger partial charge < -0.3 is 16.4 Å². The van der Waals surface area contributed by atoms with Crippen LogP contribution in [0.25, 0.3) is 0 Å². The van der Waals surface area contributed by atoms with Crippen LogP contribution in [0.1, 0.15) is 41.4 Å². The average Bonchev–Trinajstić information content (AvgIpc) is 2.55. The summed E-state index contributed by atoms with van der Waals surface area (Å²) in [4.78, 5) is 23.0. The van der Waals surface area contributed by atoms with Crippen molar-refractivity contribution in [3.05, 3.63) is 65.2 Å². The molecule has 0 aliphatic carbocycles. The number of hydrogen-bond donors (Lipinski definition) is 3. The van der Waals surface area contributed by atoms with E-state index in [9.17, 15) is 9.59 Å². The Morgan fingerprint density at radius 3 is 2.17 bits per heavy atom. The Bertz CT molecular complexity index is 678. The maximum Gasteiger partial charge on any atom is 0.316 e. The number of aryl methyl sites for hydroxylation is 1. The fourth-order valence-corrected chi connectivity index (χ4v) is 2.25. The number of nitrogens with two attached hydrogens (primary N) is 1. The van der Waals surface area contributed by atoms with E-state index in [1.54, 1.807) is 24.3 Å². The zero-order valence-corrected chi connectivity index (χ0v) is 13.3. The molecule has 23 heavy (non-hydrogen) atoms. The Balaban J connectivity index is 2.01. The van der Waals surface area contributed by atoms with Crippen LogP contribution in [-0.4, -0.2) is 11.9 Å². The van der Waals surface area contributed by atoms with Gasteiger partial charge >= 0.3 is 6.03 Å². The number of rotatable bonds is 5. The van der Waals surface area contributed by atoms with Crippen LogP contribution in [0.2, 0.25) is 0 Å². The van der Waals surface area contributed by atoms with E-state index >= 15 is 0 Å². The quantitative estimate of drug-likeness (QED) is 0.792. The highest BCUT2D eigenvalue weighted by Crippen LogP contribution is 2.15. The molecule has 0 aromatic heterocycles. The normalized spacial score (nSPS) is 11.6. The predicted molar refractivity (Wildman–Crippen MR) is 91.3 cm³/mol. The summed E-state index contributed by atoms with van der Waals surface area (Å²) in [6.45, 7) is 4.05. The highest BCUT2D eigenvalue weighted by atomic mass is 16.2. The Morgan fingerprint density at radius 2 is 1.65 bits per heavy atom. The zero-order chi connectivity index (χ0) is 16.8. The van der Waals surface area contributed by atoms with Crippen molar-refractivity contribution in [1.82, 2.24) is 5.32 Å². The van der Waals surface area contributed by atoms with E-state index in [0.717, 1.165) is 12.0 Å². The maximum atomic E-state index is 12.3. The Morgan fingerprint density at radius 1 is 1.04 bits per heavy atom. The number of carbonyl (C=O) groups is 2. The minimum absolute atomic E-state index is 0.0863. The summed E-state index contributed by atoms with van der Waals surface area (Å²) in [5, 5.41) is 5.41. The largest absolute Gasteiger partial charge is 0.351 e. The summed E-state index contributed by atoms with van der Waals surface area (Å²) in [6.07, 6.45) is 0.993. The van der Waals surface area contributed by atoms with Crippen molar-refractivity contribution < 1.29 is 9.59 Å². The monoisotopic (exact) mass is 311 g/mol. The molecule has 1 atom stereocenters. The summed E-state index contributed by atoms with van der Waals surface area (Å²) in [5.74, 6) is -0.164. The molecule has 1 unspecified atom stereocenters. The Labute approximate surface area is 135 Å². The van der Waals surface area contributed by atoms with E-state index < -0.39 is 6.03 Å². The number of benzene rings is 2. The van der Waals surface area contributed by atoms with Crippen LogP contribution in [0.15, 0.2) is 48.5 Å². The van der Waals surface area contributed by atoms with E-state index in [1.165, 1.54) is 5.56 Å². The van der Waals surface area contributed by atoms with Crippen molar-refractivity contribution in [1.29, 1.82) is 0 Å². The highest BCUT2D eigenvalue weighted by molar-refractivity contribution is 5.95. The number of nitrogens with one attached hydrogen (secondary N) is 2. The molecule has 0 spiro atoms. The third-order valence-corrected chi connectivity index (χ3v) is 3.65. The molecular weight excluding hydrogens is 290 g/mol. The molecule has 0 fully saturated rings. The van der Waals surface area contributed by atoms with Crippen LogP contribution in [0.4, 0.5) is 10.5 Å². The molecule has 0 saturated heterocycles. The molecule has 2 aromatic carbocycles. The van der Waals surface area contributed by atoms with Crippen molar-refractivity contribution in [2.45, 2.75) is 26.3 Å². The lowest BCUT2D eigenvalue weighted by Crippen LogP contribution is -2.26. The molecular formula is C18H21N3O2. The lowest BCUT2D eigenvalue weighted by molar-refractivity contribution is 0.0940. The molecule has 5 heteroatoms. The first-order chi connectivity index (χ1) is 11.0. The smallest absolute Gasteiger partial charge is 0.316 e. The topological polar surface area (TPSA) is 84.2 Å². The van der Waals surface area contributed by atoms with E-state index in [1.807, 2.05) is 19.1 Å². The van der Waals surface area contributed by atoms with Crippen molar-refractivity contribution in [3.63, 3.8) is 0 Å². The molecule has 0 aliphatic heterocycles. The summed E-state index contributed by atoms with van der Waals surface area (Å²) in [6, 6.07) is 14.1. The summed E-state index contributed by atoms with van der Waals surface area (Å²) >= 11 is 0. The van der Waals surface area contributed by atoms with Gasteiger partial charge in [-0.15, -0.1) is 0 Å². The molecule has 2 aromatic rings. The fourth-order valence-electron chi connectivity index (χ4n) is 2.25. The first-order valence-corrected chi connectivity index (χ1v) is 7.56. The number of hydrogen-bond acceptors (Lipinski definition) is 2. The van der Waals surface area contributed by atoms with Crippen LogP contribution in [0, 0.1) is 0 Å². The first-order valence-electron chi connectivity index (χ1n) is 7.56. The molecule has 3 amide bonds. The van der Waals surface area contributed by atoms with Gasteiger partial charge in [0.25, 0.3) is 5.91 Å². The molecule has 0 radical (unpaired) electrons. The van der Waals surface area contributed by atoms with Gasteiger partial charge in [-0.2, -0.15) is 0 Å². The second-order valence-electron chi connectivity index (χ2n) is 5.36. The van der Waals surface area contributed by atoms with E-state index in [4.69, 9.17) is 5.73 Å². The van der Waals surface area contributed by atoms with Crippen molar-refractivity contribution in [2.75, 3.05) is 5.32 Å². The van der Waals surface area contributed by atoms with Gasteiger partial charge in [0.2, 0.25) is 0 Å². The van der Waals surface area contributed by atoms with Crippen molar-refractivity contribution >= 4 is 17.6 Å². The molecule has 120 valence electrons. The van der Waals surface area contributed by atoms with Gasteiger partial charge in [-0.1, -0.05) is 31.2 Å². The van der Waals surface area contributed by atoms with Gasteiger partial charge in [-0.3, -0.25) is 4.79 Å². The van der Waals surface area contributed by atoms with Crippen molar-refractivity contribution in [2.24, 2.45) is 5.73 Å². The minimum atomic E-state index is -0.633. The number of anilines is 1. The molecule has 2 rings (SSSR count). The van der Waals surface area contributed by atoms with Gasteiger partial charge in [0.05, 0.1) is 6.04 Å². The lowest BCUT2D eigenvalue weighted by Gasteiger charge is -2.15. The van der Waals surface area contributed by atoms with Crippen LogP contribution < -0.4 is 16.4 Å². The Kier molecular flexibility index (Phi) is 5.36. The molecule has 0 bridgehead atoms. The molecule has 0 heterocycles. The summed E-state index contributed by atoms with van der Waals surface area (Å²) in [7, 11) is 0. The van der Waals surface area contributed by atoms with Crippen molar-refractivity contribution in [3.8, 4) is 0 Å². The van der Waals surface area contributed by atoms with Crippen LogP contribution in [0.5, 0.6) is 0 Å². The second kappa shape index (κ2) is 7.45. The maximum absolute atomic E-state index is 12.3. The minimum Gasteiger partial charge on any atom is -0.351 e. The zero-order valence-electron chi connectivity index (χ0n) is 13.3. The standard InChI is InChI=1S/C18H21N3O2/c1-3-13-4-6-14(7-5-13)12(2)20-17(22)15-8-10-16(11-9-15)21-18(19)23/h4-12H,3H2,1-2H3,(H,20,22)(H3,19,21,23). The van der Waals surface area contributed by atoms with E-state index in [0.29, 0.717) is 11.3 Å². The second-order valence-corrected chi connectivity index (χ2v) is 5.36. The predicted octanol–water partition coefficient (Wildman–Crippen LogP) is 3.23. The van der Waals surface area contributed by atoms with Gasteiger partial charge in [-0.25, -0.2) is 4.79 Å². The first kappa shape index (κ1) is 16.5. The third kappa shape index (κ3) is 4.57. The van der Waals surface area contributed by atoms with E-state index in [2.05, 4.69) is 29.7 Å². The average molecular weight is 311 g/mol. The molecule has 4 N–H and O–H groups in total. The number of amides is 3. The van der Waals surface area contributed by atoms with Gasteiger partial charge in [0.1, 0.15) is 0 Å². The number of carbonyl (C=O) groups excluding carboxylic acids is 2. The SMILES string of the molecule is CCc1ccc(C(C)NC(=O)c2ccc(NC(N)=O)cc2)cc1. The van der Waals surface area contributed by atoms with Crippen LogP contribution >= 0.6 is 0 Å². The van der Waals surface area contributed by atoms with Crippen LogP contribution in [-0.2, 0) is 6.42 Å². The molecule has 0 aliphatic rings. The fraction of sp³-hybridized carbons (Fsp3) is 0.222. The van der Waals surface area contributed by atoms with Gasteiger partial charge in [0.15, 0.2) is 0 Å². The highest BCUT2D eigenvalue weighted by Gasteiger charge is 2.11. The summed E-state index contributed by atoms with van der Waals surface area (Å²) < 4.78 is 0. The summed E-state index contributed by atoms with van der Waals surface area (Å²) in [5.41, 5.74) is 8.45. The molecule has 5 nitrogen and oxygen atoms in total.